The number of ketones is 1. The van der Waals surface area contributed by atoms with Crippen LogP contribution in [0.15, 0.2) is 78.4 Å². The number of esters is 1. The zero-order valence-electron chi connectivity index (χ0n) is 23.1. The lowest BCUT2D eigenvalue weighted by molar-refractivity contribution is -0.384. The molecule has 5 rings (SSSR count). The minimum Gasteiger partial charge on any atom is -0.423 e. The van der Waals surface area contributed by atoms with Crippen molar-refractivity contribution < 1.29 is 33.6 Å². The normalized spacial score (nSPS) is 17.5. The second kappa shape index (κ2) is 12.4. The molecule has 0 N–H and O–H groups in total. The summed E-state index contributed by atoms with van der Waals surface area (Å²) in [6.07, 6.45) is 2.61. The van der Waals surface area contributed by atoms with Crippen LogP contribution in [0.4, 0.5) is 5.69 Å². The van der Waals surface area contributed by atoms with Crippen LogP contribution in [0.1, 0.15) is 50.8 Å². The van der Waals surface area contributed by atoms with Gasteiger partial charge in [0.15, 0.2) is 5.78 Å². The zero-order valence-corrected chi connectivity index (χ0v) is 24.6. The number of non-ortho nitro benzene ring substituents is 1. The molecule has 0 spiro atoms. The number of benzene rings is 3. The van der Waals surface area contributed by atoms with Crippen molar-refractivity contribution in [1.82, 2.24) is 10.0 Å². The molecule has 0 aromatic heterocycles. The zero-order chi connectivity index (χ0) is 31.7. The summed E-state index contributed by atoms with van der Waals surface area (Å²) in [5.41, 5.74) is 0.991. The standard InChI is InChI=1S/C31H23Cl2N3O8/c1-17-2-12-23-24(14-17)30(40)35(29(23)39)34(28(38)20-7-13-25(32)26(33)15-20)16-27(37)18-5-10-22(11-6-18)44-31(41)19-3-8-21(9-4-19)36(42)43/h2-11,13,15,23-24H,12,14,16H2,1H3/t23-,24+/m0/s1. The van der Waals surface area contributed by atoms with E-state index in [-0.39, 0.29) is 38.2 Å². The van der Waals surface area contributed by atoms with Crippen LogP contribution >= 0.6 is 23.2 Å². The van der Waals surface area contributed by atoms with Gasteiger partial charge in [0.2, 0.25) is 0 Å². The maximum absolute atomic E-state index is 13.7. The van der Waals surface area contributed by atoms with Gasteiger partial charge in [-0.25, -0.2) is 9.80 Å². The van der Waals surface area contributed by atoms with Gasteiger partial charge in [-0.2, -0.15) is 5.01 Å². The van der Waals surface area contributed by atoms with Gasteiger partial charge in [0.1, 0.15) is 12.3 Å². The van der Waals surface area contributed by atoms with E-state index in [1.807, 2.05) is 13.0 Å². The first-order chi connectivity index (χ1) is 20.9. The molecule has 0 radical (unpaired) electrons. The van der Waals surface area contributed by atoms with Gasteiger partial charge < -0.3 is 4.74 Å². The summed E-state index contributed by atoms with van der Waals surface area (Å²) in [5.74, 6) is -4.50. The molecule has 1 heterocycles. The predicted octanol–water partition coefficient (Wildman–Crippen LogP) is 5.70. The molecule has 11 nitrogen and oxygen atoms in total. The fourth-order valence-corrected chi connectivity index (χ4v) is 5.39. The van der Waals surface area contributed by atoms with Crippen LogP contribution in [0.2, 0.25) is 10.0 Å². The molecule has 3 aromatic carbocycles. The van der Waals surface area contributed by atoms with Crippen LogP contribution in [0.25, 0.3) is 0 Å². The molecule has 0 saturated carbocycles. The molecule has 1 fully saturated rings. The highest BCUT2D eigenvalue weighted by atomic mass is 35.5. The van der Waals surface area contributed by atoms with E-state index in [1.165, 1.54) is 66.7 Å². The number of amides is 3. The number of ether oxygens (including phenoxy) is 1. The lowest BCUT2D eigenvalue weighted by atomic mass is 9.82. The Morgan fingerprint density at radius 3 is 2.16 bits per heavy atom. The van der Waals surface area contributed by atoms with E-state index in [2.05, 4.69) is 0 Å². The Labute approximate surface area is 260 Å². The molecule has 2 aliphatic rings. The molecule has 44 heavy (non-hydrogen) atoms. The van der Waals surface area contributed by atoms with Gasteiger partial charge in [0.25, 0.3) is 23.4 Å². The monoisotopic (exact) mass is 635 g/mol. The number of nitro groups is 1. The predicted molar refractivity (Wildman–Crippen MR) is 158 cm³/mol. The molecule has 3 aromatic rings. The lowest BCUT2D eigenvalue weighted by Crippen LogP contribution is -2.52. The summed E-state index contributed by atoms with van der Waals surface area (Å²) in [4.78, 5) is 76.7. The van der Waals surface area contributed by atoms with Crippen molar-refractivity contribution in [2.45, 2.75) is 19.8 Å². The molecule has 3 amide bonds. The van der Waals surface area contributed by atoms with Gasteiger partial charge in [0.05, 0.1) is 32.4 Å². The van der Waals surface area contributed by atoms with Crippen molar-refractivity contribution in [2.24, 2.45) is 11.8 Å². The van der Waals surface area contributed by atoms with Crippen LogP contribution in [-0.2, 0) is 9.59 Å². The molecule has 0 bridgehead atoms. The molecule has 13 heteroatoms. The number of nitrogens with zero attached hydrogens (tertiary/aromatic N) is 3. The number of carbonyl (C=O) groups is 5. The van der Waals surface area contributed by atoms with E-state index in [9.17, 15) is 34.1 Å². The summed E-state index contributed by atoms with van der Waals surface area (Å²) >= 11 is 12.1. The number of rotatable bonds is 8. The molecule has 2 atom stereocenters. The van der Waals surface area contributed by atoms with Crippen LogP contribution in [0.3, 0.4) is 0 Å². The van der Waals surface area contributed by atoms with Crippen LogP contribution < -0.4 is 4.74 Å². The Morgan fingerprint density at radius 1 is 0.909 bits per heavy atom. The van der Waals surface area contributed by atoms with E-state index in [4.69, 9.17) is 27.9 Å². The van der Waals surface area contributed by atoms with Crippen molar-refractivity contribution in [3.8, 4) is 5.75 Å². The number of hydrazine groups is 1. The lowest BCUT2D eigenvalue weighted by Gasteiger charge is -2.30. The van der Waals surface area contributed by atoms with E-state index < -0.39 is 52.8 Å². The van der Waals surface area contributed by atoms with Crippen LogP contribution in [-0.4, -0.2) is 51.0 Å². The quantitative estimate of drug-likeness (QED) is 0.0583. The SMILES string of the molecule is CC1=CC[C@@H]2C(=O)N(N(CC(=O)c3ccc(OC(=O)c4ccc([N+](=O)[O-])cc4)cc3)C(=O)c3ccc(Cl)c(Cl)c3)C(=O)[C@@H]2C1. The third-order valence-corrected chi connectivity index (χ3v) is 8.18. The Balaban J connectivity index is 1.36. The highest BCUT2D eigenvalue weighted by Crippen LogP contribution is 2.39. The smallest absolute Gasteiger partial charge is 0.343 e. The van der Waals surface area contributed by atoms with E-state index in [0.29, 0.717) is 12.8 Å². The number of hydrogen-bond acceptors (Lipinski definition) is 8. The Bertz CT molecular complexity index is 1740. The summed E-state index contributed by atoms with van der Waals surface area (Å²) in [7, 11) is 0. The number of Topliss-reactive ketones (excluding diaryl/α,β-unsaturated/α-hetero) is 1. The molecular weight excluding hydrogens is 613 g/mol. The second-order valence-electron chi connectivity index (χ2n) is 10.3. The van der Waals surface area contributed by atoms with Crippen LogP contribution in [0.5, 0.6) is 5.75 Å². The number of fused-ring (bicyclic) bond motifs is 1. The number of halogens is 2. The fraction of sp³-hybridized carbons (Fsp3) is 0.194. The summed E-state index contributed by atoms with van der Waals surface area (Å²) in [6.45, 7) is 1.22. The molecule has 1 aliphatic heterocycles. The second-order valence-corrected chi connectivity index (χ2v) is 11.1. The number of imide groups is 1. The van der Waals surface area contributed by atoms with Gasteiger partial charge in [-0.1, -0.05) is 34.9 Å². The van der Waals surface area contributed by atoms with E-state index in [0.717, 1.165) is 15.6 Å². The van der Waals surface area contributed by atoms with Gasteiger partial charge >= 0.3 is 5.97 Å². The van der Waals surface area contributed by atoms with Gasteiger partial charge in [-0.15, -0.1) is 0 Å². The van der Waals surface area contributed by atoms with Crippen molar-refractivity contribution in [3.63, 3.8) is 0 Å². The maximum Gasteiger partial charge on any atom is 0.343 e. The van der Waals surface area contributed by atoms with Crippen molar-refractivity contribution in [2.75, 3.05) is 6.54 Å². The minimum atomic E-state index is -0.796. The van der Waals surface area contributed by atoms with Crippen molar-refractivity contribution in [1.29, 1.82) is 0 Å². The Morgan fingerprint density at radius 2 is 1.52 bits per heavy atom. The Kier molecular flexibility index (Phi) is 8.61. The third kappa shape index (κ3) is 6.10. The minimum absolute atomic E-state index is 0.0190. The third-order valence-electron chi connectivity index (χ3n) is 7.44. The molecule has 1 saturated heterocycles. The van der Waals surface area contributed by atoms with E-state index in [1.54, 1.807) is 0 Å². The fourth-order valence-electron chi connectivity index (χ4n) is 5.09. The van der Waals surface area contributed by atoms with Crippen molar-refractivity contribution in [3.05, 3.63) is 115 Å². The molecular formula is C31H23Cl2N3O8. The topological polar surface area (TPSA) is 144 Å². The first-order valence-electron chi connectivity index (χ1n) is 13.3. The number of carbonyl (C=O) groups excluding carboxylic acids is 5. The molecule has 1 aliphatic carbocycles. The summed E-state index contributed by atoms with van der Waals surface area (Å²) < 4.78 is 5.30. The van der Waals surface area contributed by atoms with Gasteiger partial charge in [-0.3, -0.25) is 29.3 Å². The highest BCUT2D eigenvalue weighted by molar-refractivity contribution is 6.42. The van der Waals surface area contributed by atoms with Crippen LogP contribution in [0, 0.1) is 22.0 Å². The average molecular weight is 636 g/mol. The Hall–Kier alpha value is -4.87. The van der Waals surface area contributed by atoms with Crippen molar-refractivity contribution >= 4 is 58.4 Å². The van der Waals surface area contributed by atoms with Gasteiger partial charge in [0, 0.05) is 23.3 Å². The number of hydrogen-bond donors (Lipinski definition) is 0. The van der Waals surface area contributed by atoms with E-state index >= 15 is 0 Å². The molecule has 0 unspecified atom stereocenters. The highest BCUT2D eigenvalue weighted by Gasteiger charge is 2.51. The van der Waals surface area contributed by atoms with Gasteiger partial charge in [-0.05, 0) is 74.4 Å². The number of nitro benzene ring substituents is 1. The largest absolute Gasteiger partial charge is 0.423 e. The first-order valence-corrected chi connectivity index (χ1v) is 14.1. The first kappa shape index (κ1) is 30.6. The number of allylic oxidation sites excluding steroid dienone is 2. The summed E-state index contributed by atoms with van der Waals surface area (Å²) in [6, 6.07) is 14.4. The molecule has 224 valence electrons. The average Bonchev–Trinajstić information content (AvgIpc) is 3.25. The summed E-state index contributed by atoms with van der Waals surface area (Å²) in [5, 5.41) is 12.7. The maximum atomic E-state index is 13.7.